The molecule has 5 heteroatoms. The Kier molecular flexibility index (Phi) is 2.89. The zero-order valence-electron chi connectivity index (χ0n) is 9.22. The minimum absolute atomic E-state index is 0.0278. The molecule has 0 bridgehead atoms. The van der Waals surface area contributed by atoms with Crippen LogP contribution in [0.25, 0.3) is 0 Å². The number of hydrogen-bond donors (Lipinski definition) is 1. The van der Waals surface area contributed by atoms with E-state index >= 15 is 0 Å². The van der Waals surface area contributed by atoms with E-state index in [1.54, 1.807) is 19.3 Å². The van der Waals surface area contributed by atoms with E-state index in [4.69, 9.17) is 10.5 Å². The minimum atomic E-state index is -0.549. The number of hydrogen-bond acceptors (Lipinski definition) is 4. The lowest BCUT2D eigenvalue weighted by atomic mass is 9.84. The Morgan fingerprint density at radius 2 is 2.38 bits per heavy atom. The SMILES string of the molecule is CN(C(=O)C1(CN)COC1)c1ccccn1. The maximum absolute atomic E-state index is 12.2. The summed E-state index contributed by atoms with van der Waals surface area (Å²) in [5.41, 5.74) is 5.09. The number of carbonyl (C=O) groups excluding carboxylic acids is 1. The molecule has 0 aromatic carbocycles. The molecule has 0 aliphatic carbocycles. The standard InChI is InChI=1S/C11H15N3O2/c1-14(9-4-2-3-5-13-9)10(15)11(6-12)7-16-8-11/h2-5H,6-8,12H2,1H3. The quantitative estimate of drug-likeness (QED) is 0.781. The molecule has 2 heterocycles. The van der Waals surface area contributed by atoms with Crippen molar-refractivity contribution in [3.63, 3.8) is 0 Å². The second-order valence-corrected chi connectivity index (χ2v) is 4.03. The van der Waals surface area contributed by atoms with E-state index in [1.165, 1.54) is 4.90 Å². The van der Waals surface area contributed by atoms with Crippen molar-refractivity contribution in [1.82, 2.24) is 4.98 Å². The lowest BCUT2D eigenvalue weighted by molar-refractivity contribution is -0.156. The Bertz CT molecular complexity index is 371. The smallest absolute Gasteiger partial charge is 0.240 e. The van der Waals surface area contributed by atoms with Crippen molar-refractivity contribution in [2.75, 3.05) is 31.7 Å². The molecule has 0 radical (unpaired) electrons. The van der Waals surface area contributed by atoms with Crippen LogP contribution in [0.5, 0.6) is 0 Å². The summed E-state index contributed by atoms with van der Waals surface area (Å²) in [5, 5.41) is 0. The minimum Gasteiger partial charge on any atom is -0.379 e. The number of nitrogens with two attached hydrogens (primary N) is 1. The zero-order valence-corrected chi connectivity index (χ0v) is 9.22. The predicted molar refractivity (Wildman–Crippen MR) is 60.0 cm³/mol. The molecule has 2 rings (SSSR count). The highest BCUT2D eigenvalue weighted by molar-refractivity contribution is 5.97. The molecule has 86 valence electrons. The van der Waals surface area contributed by atoms with Crippen LogP contribution in [0.15, 0.2) is 24.4 Å². The summed E-state index contributed by atoms with van der Waals surface area (Å²) in [5.74, 6) is 0.604. The van der Waals surface area contributed by atoms with Gasteiger partial charge < -0.3 is 10.5 Å². The van der Waals surface area contributed by atoms with Crippen LogP contribution in [0.3, 0.4) is 0 Å². The van der Waals surface area contributed by atoms with Gasteiger partial charge in [0.15, 0.2) is 0 Å². The molecular formula is C11H15N3O2. The summed E-state index contributed by atoms with van der Waals surface area (Å²) in [7, 11) is 1.71. The van der Waals surface area contributed by atoms with E-state index in [0.29, 0.717) is 25.6 Å². The molecule has 1 saturated heterocycles. The molecule has 5 nitrogen and oxygen atoms in total. The second kappa shape index (κ2) is 4.19. The summed E-state index contributed by atoms with van der Waals surface area (Å²) < 4.78 is 5.09. The molecule has 0 saturated carbocycles. The first-order chi connectivity index (χ1) is 7.69. The maximum atomic E-state index is 12.2. The topological polar surface area (TPSA) is 68.5 Å². The normalized spacial score (nSPS) is 17.6. The van der Waals surface area contributed by atoms with Crippen molar-refractivity contribution in [2.24, 2.45) is 11.1 Å². The lowest BCUT2D eigenvalue weighted by Gasteiger charge is -2.40. The van der Waals surface area contributed by atoms with Crippen molar-refractivity contribution in [2.45, 2.75) is 0 Å². The maximum Gasteiger partial charge on any atom is 0.240 e. The van der Waals surface area contributed by atoms with Crippen LogP contribution in [-0.4, -0.2) is 37.7 Å². The van der Waals surface area contributed by atoms with Gasteiger partial charge in [-0.2, -0.15) is 0 Å². The van der Waals surface area contributed by atoms with E-state index in [9.17, 15) is 4.79 Å². The van der Waals surface area contributed by atoms with Crippen molar-refractivity contribution >= 4 is 11.7 Å². The predicted octanol–water partition coefficient (Wildman–Crippen LogP) is 0.0197. The fourth-order valence-electron chi connectivity index (χ4n) is 1.69. The number of carbonyl (C=O) groups is 1. The largest absolute Gasteiger partial charge is 0.379 e. The Morgan fingerprint density at radius 1 is 1.62 bits per heavy atom. The molecular weight excluding hydrogens is 206 g/mol. The van der Waals surface area contributed by atoms with Gasteiger partial charge in [-0.15, -0.1) is 0 Å². The molecule has 16 heavy (non-hydrogen) atoms. The Balaban J connectivity index is 2.16. The molecule has 1 aromatic heterocycles. The molecule has 0 spiro atoms. The monoisotopic (exact) mass is 221 g/mol. The van der Waals surface area contributed by atoms with Crippen LogP contribution in [0.1, 0.15) is 0 Å². The summed E-state index contributed by atoms with van der Waals surface area (Å²) >= 11 is 0. The van der Waals surface area contributed by atoms with E-state index < -0.39 is 5.41 Å². The van der Waals surface area contributed by atoms with Crippen molar-refractivity contribution < 1.29 is 9.53 Å². The number of aromatic nitrogens is 1. The number of rotatable bonds is 3. The molecule has 1 aromatic rings. The highest BCUT2D eigenvalue weighted by atomic mass is 16.5. The zero-order chi connectivity index (χ0) is 11.6. The number of pyridine rings is 1. The Labute approximate surface area is 94.2 Å². The first-order valence-corrected chi connectivity index (χ1v) is 5.17. The van der Waals surface area contributed by atoms with E-state index in [1.807, 2.05) is 12.1 Å². The van der Waals surface area contributed by atoms with Crippen LogP contribution in [0.4, 0.5) is 5.82 Å². The number of ether oxygens (including phenoxy) is 1. The molecule has 0 atom stereocenters. The average Bonchev–Trinajstić information content (AvgIpc) is 2.28. The third-order valence-corrected chi connectivity index (χ3v) is 2.90. The van der Waals surface area contributed by atoms with Gasteiger partial charge in [-0.25, -0.2) is 4.98 Å². The van der Waals surface area contributed by atoms with Crippen LogP contribution in [-0.2, 0) is 9.53 Å². The summed E-state index contributed by atoms with van der Waals surface area (Å²) in [6.07, 6.45) is 1.66. The summed E-state index contributed by atoms with van der Waals surface area (Å²) in [6.45, 7) is 1.11. The first kappa shape index (κ1) is 11.0. The fraction of sp³-hybridized carbons (Fsp3) is 0.455. The third kappa shape index (κ3) is 1.68. The highest BCUT2D eigenvalue weighted by Gasteiger charge is 2.46. The van der Waals surface area contributed by atoms with Gasteiger partial charge in [0.25, 0.3) is 0 Å². The van der Waals surface area contributed by atoms with Gasteiger partial charge in [0, 0.05) is 19.8 Å². The van der Waals surface area contributed by atoms with Crippen LogP contribution >= 0.6 is 0 Å². The van der Waals surface area contributed by atoms with Crippen molar-refractivity contribution in [1.29, 1.82) is 0 Å². The van der Waals surface area contributed by atoms with Gasteiger partial charge >= 0.3 is 0 Å². The average molecular weight is 221 g/mol. The first-order valence-electron chi connectivity index (χ1n) is 5.17. The lowest BCUT2D eigenvalue weighted by Crippen LogP contribution is -2.58. The molecule has 2 N–H and O–H groups in total. The highest BCUT2D eigenvalue weighted by Crippen LogP contribution is 2.29. The van der Waals surface area contributed by atoms with Crippen molar-refractivity contribution in [3.05, 3.63) is 24.4 Å². The van der Waals surface area contributed by atoms with E-state index in [0.717, 1.165) is 0 Å². The van der Waals surface area contributed by atoms with Crippen LogP contribution in [0, 0.1) is 5.41 Å². The summed E-state index contributed by atoms with van der Waals surface area (Å²) in [6, 6.07) is 5.45. The van der Waals surface area contributed by atoms with Gasteiger partial charge in [0.05, 0.1) is 13.2 Å². The molecule has 1 aliphatic heterocycles. The molecule has 1 aliphatic rings. The third-order valence-electron chi connectivity index (χ3n) is 2.90. The van der Waals surface area contributed by atoms with Crippen LogP contribution in [0.2, 0.25) is 0 Å². The van der Waals surface area contributed by atoms with Crippen LogP contribution < -0.4 is 10.6 Å². The molecule has 1 amide bonds. The fourth-order valence-corrected chi connectivity index (χ4v) is 1.69. The van der Waals surface area contributed by atoms with Gasteiger partial charge in [0.1, 0.15) is 11.2 Å². The number of nitrogens with zero attached hydrogens (tertiary/aromatic N) is 2. The van der Waals surface area contributed by atoms with Gasteiger partial charge in [0.2, 0.25) is 5.91 Å². The summed E-state index contributed by atoms with van der Waals surface area (Å²) in [4.78, 5) is 17.9. The number of amides is 1. The van der Waals surface area contributed by atoms with Crippen molar-refractivity contribution in [3.8, 4) is 0 Å². The van der Waals surface area contributed by atoms with E-state index in [-0.39, 0.29) is 5.91 Å². The Morgan fingerprint density at radius 3 is 2.81 bits per heavy atom. The van der Waals surface area contributed by atoms with Gasteiger partial charge in [-0.3, -0.25) is 9.69 Å². The molecule has 0 unspecified atom stereocenters. The second-order valence-electron chi connectivity index (χ2n) is 4.03. The molecule has 1 fully saturated rings. The van der Waals surface area contributed by atoms with Gasteiger partial charge in [-0.1, -0.05) is 6.07 Å². The Hall–Kier alpha value is -1.46. The van der Waals surface area contributed by atoms with E-state index in [2.05, 4.69) is 4.98 Å². The number of anilines is 1. The van der Waals surface area contributed by atoms with Gasteiger partial charge in [-0.05, 0) is 12.1 Å².